The molecule has 0 aromatic heterocycles. The zero-order valence-electron chi connectivity index (χ0n) is 7.19. The van der Waals surface area contributed by atoms with E-state index in [1.165, 1.54) is 5.57 Å². The summed E-state index contributed by atoms with van der Waals surface area (Å²) in [6.07, 6.45) is 5.44. The number of halogens is 2. The van der Waals surface area contributed by atoms with E-state index in [1.807, 2.05) is 7.05 Å². The first kappa shape index (κ1) is 11.9. The molecule has 0 rings (SSSR count). The van der Waals surface area contributed by atoms with E-state index < -0.39 is 0 Å². The van der Waals surface area contributed by atoms with E-state index >= 15 is 0 Å². The van der Waals surface area contributed by atoms with E-state index in [9.17, 15) is 0 Å². The van der Waals surface area contributed by atoms with Gasteiger partial charge in [-0.3, -0.25) is 0 Å². The van der Waals surface area contributed by atoms with Gasteiger partial charge in [0, 0.05) is 30.3 Å². The molecule has 2 nitrogen and oxygen atoms in total. The van der Waals surface area contributed by atoms with Gasteiger partial charge < -0.3 is 5.32 Å². The molecule has 0 aliphatic heterocycles. The van der Waals surface area contributed by atoms with Crippen molar-refractivity contribution in [2.24, 2.45) is 4.51 Å². The SMILES string of the molecule is CNCC/C(=C/CC=NCl)CCl. The van der Waals surface area contributed by atoms with E-state index in [1.54, 1.807) is 6.21 Å². The Morgan fingerprint density at radius 2 is 2.33 bits per heavy atom. The average molecular weight is 209 g/mol. The third kappa shape index (κ3) is 6.65. The van der Waals surface area contributed by atoms with Crippen molar-refractivity contribution in [2.75, 3.05) is 19.5 Å². The summed E-state index contributed by atoms with van der Waals surface area (Å²) in [5.74, 6) is 0.581. The summed E-state index contributed by atoms with van der Waals surface area (Å²) in [5, 5.41) is 3.06. The lowest BCUT2D eigenvalue weighted by Crippen LogP contribution is -2.08. The zero-order valence-corrected chi connectivity index (χ0v) is 8.70. The molecule has 12 heavy (non-hydrogen) atoms. The number of nitrogens with one attached hydrogen (secondary N) is 1. The molecule has 0 aromatic carbocycles. The van der Waals surface area contributed by atoms with Crippen LogP contribution in [-0.4, -0.2) is 25.7 Å². The maximum atomic E-state index is 5.71. The highest BCUT2D eigenvalue weighted by Crippen LogP contribution is 2.03. The number of hydrogen-bond acceptors (Lipinski definition) is 2. The van der Waals surface area contributed by atoms with Crippen molar-refractivity contribution >= 4 is 29.6 Å². The Kier molecular flexibility index (Phi) is 9.00. The number of rotatable bonds is 6. The first-order valence-electron chi connectivity index (χ1n) is 3.86. The molecule has 0 aromatic rings. The molecule has 0 amide bonds. The highest BCUT2D eigenvalue weighted by molar-refractivity contribution is 6.19. The summed E-state index contributed by atoms with van der Waals surface area (Å²) in [5.41, 5.74) is 1.22. The normalized spacial score (nSPS) is 12.8. The van der Waals surface area contributed by atoms with Gasteiger partial charge in [0.25, 0.3) is 0 Å². The molecule has 4 heteroatoms. The van der Waals surface area contributed by atoms with Gasteiger partial charge in [-0.2, -0.15) is 4.51 Å². The van der Waals surface area contributed by atoms with Crippen molar-refractivity contribution in [3.05, 3.63) is 11.6 Å². The Morgan fingerprint density at radius 1 is 1.58 bits per heavy atom. The molecule has 1 N–H and O–H groups in total. The van der Waals surface area contributed by atoms with Crippen LogP contribution in [0.4, 0.5) is 0 Å². The van der Waals surface area contributed by atoms with Crippen LogP contribution in [0.5, 0.6) is 0 Å². The second-order valence-electron chi connectivity index (χ2n) is 2.37. The molecule has 70 valence electrons. The molecule has 0 radical (unpaired) electrons. The molecule has 0 spiro atoms. The molecule has 0 saturated carbocycles. The van der Waals surface area contributed by atoms with E-state index in [2.05, 4.69) is 15.9 Å². The lowest BCUT2D eigenvalue weighted by atomic mass is 10.2. The van der Waals surface area contributed by atoms with Gasteiger partial charge in [0.15, 0.2) is 0 Å². The summed E-state index contributed by atoms with van der Waals surface area (Å²) < 4.78 is 3.37. The highest BCUT2D eigenvalue weighted by Gasteiger charge is 1.92. The van der Waals surface area contributed by atoms with Crippen molar-refractivity contribution in [3.63, 3.8) is 0 Å². The monoisotopic (exact) mass is 208 g/mol. The van der Waals surface area contributed by atoms with Gasteiger partial charge in [0.05, 0.1) is 0 Å². The van der Waals surface area contributed by atoms with Crippen molar-refractivity contribution in [2.45, 2.75) is 12.8 Å². The summed E-state index contributed by atoms with van der Waals surface area (Å²) in [6, 6.07) is 0. The third-order valence-corrected chi connectivity index (χ3v) is 1.93. The Labute approximate surface area is 83.8 Å². The molecule has 0 unspecified atom stereocenters. The minimum Gasteiger partial charge on any atom is -0.319 e. The maximum absolute atomic E-state index is 5.71. The van der Waals surface area contributed by atoms with E-state index in [0.29, 0.717) is 5.88 Å². The van der Waals surface area contributed by atoms with Gasteiger partial charge in [-0.05, 0) is 20.0 Å². The van der Waals surface area contributed by atoms with Gasteiger partial charge >= 0.3 is 0 Å². The van der Waals surface area contributed by atoms with Gasteiger partial charge in [0.1, 0.15) is 0 Å². The van der Waals surface area contributed by atoms with Crippen LogP contribution in [-0.2, 0) is 0 Å². The highest BCUT2D eigenvalue weighted by atomic mass is 35.5. The lowest BCUT2D eigenvalue weighted by molar-refractivity contribution is 0.785. The zero-order chi connectivity index (χ0) is 9.23. The number of hydrogen-bond donors (Lipinski definition) is 1. The summed E-state index contributed by atoms with van der Waals surface area (Å²) in [7, 11) is 1.92. The second-order valence-corrected chi connectivity index (χ2v) is 2.83. The lowest BCUT2D eigenvalue weighted by Gasteiger charge is -2.01. The molecule has 0 heterocycles. The van der Waals surface area contributed by atoms with Crippen LogP contribution in [0.25, 0.3) is 0 Å². The Bertz CT molecular complexity index is 155. The van der Waals surface area contributed by atoms with Gasteiger partial charge in [-0.25, -0.2) is 0 Å². The maximum Gasteiger partial charge on any atom is 0.0434 e. The largest absolute Gasteiger partial charge is 0.319 e. The van der Waals surface area contributed by atoms with Crippen LogP contribution < -0.4 is 5.32 Å². The van der Waals surface area contributed by atoms with Crippen molar-refractivity contribution in [3.8, 4) is 0 Å². The molecular weight excluding hydrogens is 195 g/mol. The molecular formula is C8H14Cl2N2. The van der Waals surface area contributed by atoms with Gasteiger partial charge in [-0.1, -0.05) is 11.6 Å². The number of alkyl halides is 1. The minimum absolute atomic E-state index is 0.581. The predicted molar refractivity (Wildman–Crippen MR) is 56.3 cm³/mol. The van der Waals surface area contributed by atoms with Crippen LogP contribution in [0.15, 0.2) is 16.2 Å². The van der Waals surface area contributed by atoms with Crippen molar-refractivity contribution < 1.29 is 0 Å². The van der Waals surface area contributed by atoms with Crippen LogP contribution in [0.2, 0.25) is 0 Å². The topological polar surface area (TPSA) is 24.4 Å². The molecule has 0 atom stereocenters. The molecule has 0 aliphatic rings. The smallest absolute Gasteiger partial charge is 0.0434 e. The molecule has 0 fully saturated rings. The Hall–Kier alpha value is -0.0500. The second kappa shape index (κ2) is 9.04. The minimum atomic E-state index is 0.581. The first-order valence-corrected chi connectivity index (χ1v) is 4.73. The van der Waals surface area contributed by atoms with Crippen molar-refractivity contribution in [1.29, 1.82) is 0 Å². The Morgan fingerprint density at radius 3 is 2.83 bits per heavy atom. The van der Waals surface area contributed by atoms with E-state index in [-0.39, 0.29) is 0 Å². The molecule has 0 saturated heterocycles. The number of nitrogens with zero attached hydrogens (tertiary/aromatic N) is 1. The summed E-state index contributed by atoms with van der Waals surface area (Å²) in [6.45, 7) is 0.955. The standard InChI is InChI=1S/C8H14Cl2N2/c1-11-6-4-8(7-9)3-2-5-12-10/h3,5,11H,2,4,6-7H2,1H3/b8-3-,12-5?. The fourth-order valence-electron chi connectivity index (χ4n) is 0.768. The third-order valence-electron chi connectivity index (χ3n) is 1.45. The average Bonchev–Trinajstić information content (AvgIpc) is 2.11. The predicted octanol–water partition coefficient (Wildman–Crippen LogP) is 2.38. The quantitative estimate of drug-likeness (QED) is 0.405. The van der Waals surface area contributed by atoms with E-state index in [4.69, 9.17) is 23.4 Å². The van der Waals surface area contributed by atoms with Crippen LogP contribution in [0.3, 0.4) is 0 Å². The van der Waals surface area contributed by atoms with Gasteiger partial charge in [-0.15, -0.1) is 11.6 Å². The number of allylic oxidation sites excluding steroid dienone is 1. The summed E-state index contributed by atoms with van der Waals surface area (Å²) in [4.78, 5) is 0. The summed E-state index contributed by atoms with van der Waals surface area (Å²) >= 11 is 10.8. The van der Waals surface area contributed by atoms with E-state index in [0.717, 1.165) is 19.4 Å². The van der Waals surface area contributed by atoms with Gasteiger partial charge in [0.2, 0.25) is 0 Å². The molecule has 0 bridgehead atoms. The molecule has 0 aliphatic carbocycles. The fourth-order valence-corrected chi connectivity index (χ4v) is 1.09. The fraction of sp³-hybridized carbons (Fsp3) is 0.625. The van der Waals surface area contributed by atoms with Crippen LogP contribution in [0, 0.1) is 0 Å². The van der Waals surface area contributed by atoms with Crippen molar-refractivity contribution in [1.82, 2.24) is 5.32 Å². The Balaban J connectivity index is 3.70. The first-order chi connectivity index (χ1) is 5.85. The van der Waals surface area contributed by atoms with Crippen LogP contribution in [0.1, 0.15) is 12.8 Å². The van der Waals surface area contributed by atoms with Crippen LogP contribution >= 0.6 is 23.4 Å².